The van der Waals surface area contributed by atoms with Gasteiger partial charge in [-0.2, -0.15) is 0 Å². The number of carbonyl (C=O) groups excluding carboxylic acids is 2. The number of likely N-dealkylation sites (tertiary alicyclic amines) is 1. The van der Waals surface area contributed by atoms with Crippen molar-refractivity contribution in [3.05, 3.63) is 63.6 Å². The van der Waals surface area contributed by atoms with Gasteiger partial charge in [0.05, 0.1) is 22.6 Å². The molecule has 1 atom stereocenters. The van der Waals surface area contributed by atoms with Gasteiger partial charge in [-0.1, -0.05) is 73.1 Å². The first-order valence-electron chi connectivity index (χ1n) is 11.2. The number of nitrogens with zero attached hydrogens (tertiary/aromatic N) is 1. The van der Waals surface area contributed by atoms with E-state index in [0.717, 1.165) is 22.6 Å². The van der Waals surface area contributed by atoms with Crippen LogP contribution >= 0.6 is 35.0 Å². The average Bonchev–Trinajstić information content (AvgIpc) is 2.81. The second-order valence-corrected chi connectivity index (χ2v) is 10.1. The molecule has 1 aliphatic heterocycles. The highest BCUT2D eigenvalue weighted by Crippen LogP contribution is 2.41. The summed E-state index contributed by atoms with van der Waals surface area (Å²) >= 11 is 14.7. The standard InChI is InChI=1S/C26H29Cl2NO3S/c1-4-32-26(31)19-8-7-15-29(16-19)23(30)14-12-18-11-13-22(25(28)24(18)27)33-21-10-6-5-9-20(21)17(2)3/h5-6,9-14,17,19H,4,7-8,15-16H2,1-3H3. The summed E-state index contributed by atoms with van der Waals surface area (Å²) in [6.07, 6.45) is 4.69. The Kier molecular flexibility index (Phi) is 9.30. The summed E-state index contributed by atoms with van der Waals surface area (Å²) in [7, 11) is 0. The van der Waals surface area contributed by atoms with Gasteiger partial charge in [0.15, 0.2) is 0 Å². The lowest BCUT2D eigenvalue weighted by Gasteiger charge is -2.30. The lowest BCUT2D eigenvalue weighted by atomic mass is 9.98. The number of hydrogen-bond acceptors (Lipinski definition) is 4. The van der Waals surface area contributed by atoms with Crippen molar-refractivity contribution in [2.24, 2.45) is 5.92 Å². The maximum absolute atomic E-state index is 12.7. The lowest BCUT2D eigenvalue weighted by molar-refractivity contribution is -0.150. The van der Waals surface area contributed by atoms with Crippen LogP contribution in [0.3, 0.4) is 0 Å². The van der Waals surface area contributed by atoms with Crippen LogP contribution in [-0.2, 0) is 14.3 Å². The summed E-state index contributed by atoms with van der Waals surface area (Å²) < 4.78 is 5.11. The van der Waals surface area contributed by atoms with Crippen molar-refractivity contribution < 1.29 is 14.3 Å². The number of piperidine rings is 1. The molecule has 2 aromatic rings. The van der Waals surface area contributed by atoms with Crippen LogP contribution in [0, 0.1) is 5.92 Å². The fourth-order valence-electron chi connectivity index (χ4n) is 3.82. The molecule has 0 radical (unpaired) electrons. The molecule has 0 bridgehead atoms. The Morgan fingerprint density at radius 1 is 1.15 bits per heavy atom. The van der Waals surface area contributed by atoms with Gasteiger partial charge in [-0.25, -0.2) is 0 Å². The van der Waals surface area contributed by atoms with Crippen LogP contribution in [0.4, 0.5) is 0 Å². The maximum atomic E-state index is 12.7. The van der Waals surface area contributed by atoms with Crippen LogP contribution in [0.1, 0.15) is 50.7 Å². The molecule has 1 amide bonds. The molecule has 0 spiro atoms. The maximum Gasteiger partial charge on any atom is 0.310 e. The summed E-state index contributed by atoms with van der Waals surface area (Å²) in [6, 6.07) is 12.1. The molecule has 33 heavy (non-hydrogen) atoms. The van der Waals surface area contributed by atoms with E-state index in [2.05, 4.69) is 26.0 Å². The fraction of sp³-hybridized carbons (Fsp3) is 0.385. The second-order valence-electron chi connectivity index (χ2n) is 8.28. The van der Waals surface area contributed by atoms with Crippen LogP contribution in [0.15, 0.2) is 52.3 Å². The molecule has 1 heterocycles. The second kappa shape index (κ2) is 12.0. The van der Waals surface area contributed by atoms with Gasteiger partial charge in [-0.15, -0.1) is 0 Å². The third kappa shape index (κ3) is 6.56. The molecule has 0 aromatic heterocycles. The number of rotatable bonds is 7. The van der Waals surface area contributed by atoms with Gasteiger partial charge in [0, 0.05) is 29.0 Å². The SMILES string of the molecule is CCOC(=O)C1CCCN(C(=O)C=Cc2ccc(Sc3ccccc3C(C)C)c(Cl)c2Cl)C1. The van der Waals surface area contributed by atoms with E-state index in [-0.39, 0.29) is 17.8 Å². The highest BCUT2D eigenvalue weighted by molar-refractivity contribution is 7.99. The smallest absolute Gasteiger partial charge is 0.310 e. The molecule has 4 nitrogen and oxygen atoms in total. The number of esters is 1. The van der Waals surface area contributed by atoms with Crippen molar-refractivity contribution in [3.8, 4) is 0 Å². The number of ether oxygens (including phenoxy) is 1. The van der Waals surface area contributed by atoms with Crippen molar-refractivity contribution in [2.45, 2.75) is 49.3 Å². The van der Waals surface area contributed by atoms with Gasteiger partial charge in [-0.3, -0.25) is 9.59 Å². The molecule has 7 heteroatoms. The molecule has 3 rings (SSSR count). The van der Waals surface area contributed by atoms with Crippen LogP contribution in [0.5, 0.6) is 0 Å². The molecule has 1 aliphatic rings. The first-order chi connectivity index (χ1) is 15.8. The highest BCUT2D eigenvalue weighted by atomic mass is 35.5. The quantitative estimate of drug-likeness (QED) is 0.297. The van der Waals surface area contributed by atoms with Crippen molar-refractivity contribution in [3.63, 3.8) is 0 Å². The number of carbonyl (C=O) groups is 2. The van der Waals surface area contributed by atoms with Crippen molar-refractivity contribution in [1.82, 2.24) is 4.90 Å². The monoisotopic (exact) mass is 505 g/mol. The fourth-order valence-corrected chi connectivity index (χ4v) is 5.52. The minimum absolute atomic E-state index is 0.152. The highest BCUT2D eigenvalue weighted by Gasteiger charge is 2.28. The van der Waals surface area contributed by atoms with E-state index in [9.17, 15) is 9.59 Å². The first-order valence-corrected chi connectivity index (χ1v) is 12.8. The van der Waals surface area contributed by atoms with E-state index in [4.69, 9.17) is 27.9 Å². The van der Waals surface area contributed by atoms with E-state index in [1.54, 1.807) is 29.7 Å². The third-order valence-electron chi connectivity index (χ3n) is 5.60. The van der Waals surface area contributed by atoms with E-state index in [1.807, 2.05) is 24.3 Å². The number of amides is 1. The Morgan fingerprint density at radius 2 is 1.91 bits per heavy atom. The Labute approximate surface area is 210 Å². The van der Waals surface area contributed by atoms with Crippen LogP contribution in [-0.4, -0.2) is 36.5 Å². The van der Waals surface area contributed by atoms with Gasteiger partial charge >= 0.3 is 5.97 Å². The zero-order valence-corrected chi connectivity index (χ0v) is 21.5. The predicted octanol–water partition coefficient (Wildman–Crippen LogP) is 7.08. The van der Waals surface area contributed by atoms with Gasteiger partial charge in [0.25, 0.3) is 0 Å². The Bertz CT molecular complexity index is 1040. The number of halogens is 2. The van der Waals surface area contributed by atoms with E-state index < -0.39 is 0 Å². The summed E-state index contributed by atoms with van der Waals surface area (Å²) in [6.45, 7) is 7.46. The predicted molar refractivity (Wildman–Crippen MR) is 136 cm³/mol. The largest absolute Gasteiger partial charge is 0.466 e. The third-order valence-corrected chi connectivity index (χ3v) is 7.76. The topological polar surface area (TPSA) is 46.6 Å². The molecule has 1 fully saturated rings. The Hall–Kier alpha value is -1.95. The molecule has 1 unspecified atom stereocenters. The summed E-state index contributed by atoms with van der Waals surface area (Å²) in [5.41, 5.74) is 1.93. The zero-order chi connectivity index (χ0) is 24.0. The molecule has 1 saturated heterocycles. The molecule has 0 saturated carbocycles. The van der Waals surface area contributed by atoms with Gasteiger partial charge in [-0.05, 0) is 55.0 Å². The minimum atomic E-state index is -0.265. The molecule has 0 aliphatic carbocycles. The minimum Gasteiger partial charge on any atom is -0.466 e. The van der Waals surface area contributed by atoms with Crippen molar-refractivity contribution in [1.29, 1.82) is 0 Å². The molecule has 0 N–H and O–H groups in total. The lowest BCUT2D eigenvalue weighted by Crippen LogP contribution is -2.42. The van der Waals surface area contributed by atoms with Gasteiger partial charge in [0.1, 0.15) is 0 Å². The molecular weight excluding hydrogens is 477 g/mol. The van der Waals surface area contributed by atoms with E-state index in [1.165, 1.54) is 11.6 Å². The summed E-state index contributed by atoms with van der Waals surface area (Å²) in [5.74, 6) is -0.255. The van der Waals surface area contributed by atoms with Crippen LogP contribution in [0.2, 0.25) is 10.0 Å². The number of benzene rings is 2. The van der Waals surface area contributed by atoms with E-state index >= 15 is 0 Å². The van der Waals surface area contributed by atoms with E-state index in [0.29, 0.717) is 41.2 Å². The molecule has 176 valence electrons. The molecule has 2 aromatic carbocycles. The van der Waals surface area contributed by atoms with Crippen molar-refractivity contribution >= 4 is 52.9 Å². The average molecular weight is 506 g/mol. The van der Waals surface area contributed by atoms with Crippen LogP contribution < -0.4 is 0 Å². The van der Waals surface area contributed by atoms with Gasteiger partial charge < -0.3 is 9.64 Å². The van der Waals surface area contributed by atoms with Gasteiger partial charge in [0.2, 0.25) is 5.91 Å². The number of hydrogen-bond donors (Lipinski definition) is 0. The Morgan fingerprint density at radius 3 is 2.64 bits per heavy atom. The molecular formula is C26H29Cl2NO3S. The summed E-state index contributed by atoms with van der Waals surface area (Å²) in [4.78, 5) is 28.4. The van der Waals surface area contributed by atoms with Crippen molar-refractivity contribution in [2.75, 3.05) is 19.7 Å². The first kappa shape index (κ1) is 25.7. The Balaban J connectivity index is 1.71. The van der Waals surface area contributed by atoms with Crippen LogP contribution in [0.25, 0.3) is 6.08 Å². The zero-order valence-electron chi connectivity index (χ0n) is 19.1. The summed E-state index contributed by atoms with van der Waals surface area (Å²) in [5, 5.41) is 0.881. The normalized spacial score (nSPS) is 16.4.